The summed E-state index contributed by atoms with van der Waals surface area (Å²) in [6, 6.07) is 8.07. The Kier molecular flexibility index (Phi) is 4.59. The van der Waals surface area contributed by atoms with Gasteiger partial charge in [-0.3, -0.25) is 11.3 Å². The lowest BCUT2D eigenvalue weighted by atomic mass is 10.0. The van der Waals surface area contributed by atoms with Crippen LogP contribution in [0.5, 0.6) is 0 Å². The van der Waals surface area contributed by atoms with Crippen LogP contribution in [0.25, 0.3) is 0 Å². The van der Waals surface area contributed by atoms with Gasteiger partial charge in [-0.1, -0.05) is 17.7 Å². The first-order valence-corrected chi connectivity index (χ1v) is 7.24. The van der Waals surface area contributed by atoms with E-state index < -0.39 is 0 Å². The van der Waals surface area contributed by atoms with Gasteiger partial charge in [0, 0.05) is 4.47 Å². The summed E-state index contributed by atoms with van der Waals surface area (Å²) in [6.45, 7) is 0. The van der Waals surface area contributed by atoms with Gasteiger partial charge in [0.25, 0.3) is 0 Å². The van der Waals surface area contributed by atoms with Gasteiger partial charge < -0.3 is 0 Å². The SMILES string of the molecule is NNC(Cc1ccsc1)c1ccc(Cl)c(Br)c1. The van der Waals surface area contributed by atoms with Crippen LogP contribution in [0, 0.1) is 0 Å². The van der Waals surface area contributed by atoms with Crippen LogP contribution in [0.1, 0.15) is 17.2 Å². The Hall–Kier alpha value is -0.390. The molecule has 1 aromatic heterocycles. The van der Waals surface area contributed by atoms with Crippen molar-refractivity contribution < 1.29 is 0 Å². The first-order chi connectivity index (χ1) is 8.20. The third-order valence-electron chi connectivity index (χ3n) is 2.57. The summed E-state index contributed by atoms with van der Waals surface area (Å²) in [5.41, 5.74) is 5.25. The predicted molar refractivity (Wildman–Crippen MR) is 77.2 cm³/mol. The third kappa shape index (κ3) is 3.30. The maximum absolute atomic E-state index is 5.97. The molecule has 0 saturated carbocycles. The summed E-state index contributed by atoms with van der Waals surface area (Å²) in [6.07, 6.45) is 0.869. The number of hydrogen-bond acceptors (Lipinski definition) is 3. The molecule has 90 valence electrons. The Labute approximate surface area is 118 Å². The van der Waals surface area contributed by atoms with E-state index in [-0.39, 0.29) is 6.04 Å². The zero-order valence-electron chi connectivity index (χ0n) is 8.99. The lowest BCUT2D eigenvalue weighted by Gasteiger charge is -2.16. The Morgan fingerprint density at radius 3 is 2.82 bits per heavy atom. The van der Waals surface area contributed by atoms with Crippen molar-refractivity contribution in [3.63, 3.8) is 0 Å². The van der Waals surface area contributed by atoms with Gasteiger partial charge in [0.1, 0.15) is 0 Å². The average Bonchev–Trinajstić information content (AvgIpc) is 2.82. The molecule has 0 aliphatic carbocycles. The van der Waals surface area contributed by atoms with Gasteiger partial charge in [-0.2, -0.15) is 11.3 Å². The first-order valence-electron chi connectivity index (χ1n) is 5.13. The second-order valence-corrected chi connectivity index (χ2v) is 5.77. The third-order valence-corrected chi connectivity index (χ3v) is 4.51. The van der Waals surface area contributed by atoms with Crippen molar-refractivity contribution in [3.8, 4) is 0 Å². The summed E-state index contributed by atoms with van der Waals surface area (Å²) >= 11 is 11.1. The minimum absolute atomic E-state index is 0.0955. The van der Waals surface area contributed by atoms with Crippen LogP contribution in [0.2, 0.25) is 5.02 Å². The molecule has 3 N–H and O–H groups in total. The molecular formula is C12H12BrClN2S. The van der Waals surface area contributed by atoms with Gasteiger partial charge in [-0.05, 0) is 62.4 Å². The Morgan fingerprint density at radius 2 is 2.24 bits per heavy atom. The molecule has 1 unspecified atom stereocenters. The number of benzene rings is 1. The van der Waals surface area contributed by atoms with Crippen LogP contribution in [0.15, 0.2) is 39.5 Å². The van der Waals surface area contributed by atoms with Crippen molar-refractivity contribution in [1.82, 2.24) is 5.43 Å². The van der Waals surface area contributed by atoms with Crippen LogP contribution < -0.4 is 11.3 Å². The zero-order valence-corrected chi connectivity index (χ0v) is 12.1. The van der Waals surface area contributed by atoms with Crippen LogP contribution in [-0.4, -0.2) is 0 Å². The highest BCUT2D eigenvalue weighted by molar-refractivity contribution is 9.10. The highest BCUT2D eigenvalue weighted by atomic mass is 79.9. The van der Waals surface area contributed by atoms with Crippen molar-refractivity contribution >= 4 is 38.9 Å². The lowest BCUT2D eigenvalue weighted by molar-refractivity contribution is 0.552. The Morgan fingerprint density at radius 1 is 1.41 bits per heavy atom. The fourth-order valence-electron chi connectivity index (χ4n) is 1.65. The fraction of sp³-hybridized carbons (Fsp3) is 0.167. The van der Waals surface area contributed by atoms with E-state index >= 15 is 0 Å². The zero-order chi connectivity index (χ0) is 12.3. The van der Waals surface area contributed by atoms with Crippen LogP contribution in [-0.2, 0) is 6.42 Å². The molecule has 2 aromatic rings. The van der Waals surface area contributed by atoms with E-state index in [1.165, 1.54) is 5.56 Å². The number of halogens is 2. The number of hydrazine groups is 1. The molecule has 0 fully saturated rings. The second kappa shape index (κ2) is 5.98. The van der Waals surface area contributed by atoms with E-state index in [0.717, 1.165) is 16.5 Å². The second-order valence-electron chi connectivity index (χ2n) is 3.73. The van der Waals surface area contributed by atoms with E-state index in [9.17, 15) is 0 Å². The van der Waals surface area contributed by atoms with Gasteiger partial charge in [-0.15, -0.1) is 0 Å². The van der Waals surface area contributed by atoms with Gasteiger partial charge in [0.15, 0.2) is 0 Å². The highest BCUT2D eigenvalue weighted by Gasteiger charge is 2.12. The minimum Gasteiger partial charge on any atom is -0.271 e. The molecule has 2 nitrogen and oxygen atoms in total. The minimum atomic E-state index is 0.0955. The van der Waals surface area contributed by atoms with Crippen molar-refractivity contribution in [2.24, 2.45) is 5.84 Å². The van der Waals surface area contributed by atoms with E-state index in [1.54, 1.807) is 11.3 Å². The van der Waals surface area contributed by atoms with Crippen LogP contribution in [0.4, 0.5) is 0 Å². The summed E-state index contributed by atoms with van der Waals surface area (Å²) in [4.78, 5) is 0. The van der Waals surface area contributed by atoms with Crippen molar-refractivity contribution in [3.05, 3.63) is 55.6 Å². The van der Waals surface area contributed by atoms with Gasteiger partial charge in [0.2, 0.25) is 0 Å². The van der Waals surface area contributed by atoms with Gasteiger partial charge in [0.05, 0.1) is 11.1 Å². The maximum Gasteiger partial charge on any atom is 0.0548 e. The Bertz CT molecular complexity index is 487. The number of nitrogens with one attached hydrogen (secondary N) is 1. The normalized spacial score (nSPS) is 12.6. The van der Waals surface area contributed by atoms with Gasteiger partial charge >= 0.3 is 0 Å². The lowest BCUT2D eigenvalue weighted by Crippen LogP contribution is -2.29. The molecule has 1 heterocycles. The standard InChI is InChI=1S/C12H12BrClN2S/c13-10-6-9(1-2-11(10)14)12(16-15)5-8-3-4-17-7-8/h1-4,6-7,12,16H,5,15H2. The molecule has 1 atom stereocenters. The maximum atomic E-state index is 5.97. The average molecular weight is 332 g/mol. The van der Waals surface area contributed by atoms with E-state index in [1.807, 2.05) is 18.2 Å². The molecule has 0 radical (unpaired) electrons. The molecule has 0 amide bonds. The first kappa shape index (κ1) is 13.1. The Balaban J connectivity index is 2.20. The molecule has 0 saturated heterocycles. The molecule has 5 heteroatoms. The monoisotopic (exact) mass is 330 g/mol. The smallest absolute Gasteiger partial charge is 0.0548 e. The molecule has 2 rings (SSSR count). The number of nitrogens with two attached hydrogens (primary N) is 1. The van der Waals surface area contributed by atoms with Crippen LogP contribution >= 0.6 is 38.9 Å². The molecule has 0 aliphatic rings. The van der Waals surface area contributed by atoms with E-state index in [2.05, 4.69) is 38.2 Å². The molecule has 0 spiro atoms. The largest absolute Gasteiger partial charge is 0.271 e. The summed E-state index contributed by atoms with van der Waals surface area (Å²) in [5.74, 6) is 5.61. The molecule has 0 aliphatic heterocycles. The fourth-order valence-corrected chi connectivity index (χ4v) is 2.84. The molecular weight excluding hydrogens is 320 g/mol. The topological polar surface area (TPSA) is 38.0 Å². The van der Waals surface area contributed by atoms with Crippen LogP contribution in [0.3, 0.4) is 0 Å². The van der Waals surface area contributed by atoms with E-state index in [4.69, 9.17) is 17.4 Å². The summed E-state index contributed by atoms with van der Waals surface area (Å²) in [7, 11) is 0. The quantitative estimate of drug-likeness (QED) is 0.658. The predicted octanol–water partition coefficient (Wildman–Crippen LogP) is 3.91. The molecule has 1 aromatic carbocycles. The van der Waals surface area contributed by atoms with E-state index in [0.29, 0.717) is 5.02 Å². The summed E-state index contributed by atoms with van der Waals surface area (Å²) < 4.78 is 0.891. The number of hydrogen-bond donors (Lipinski definition) is 2. The summed E-state index contributed by atoms with van der Waals surface area (Å²) in [5, 5.41) is 4.91. The van der Waals surface area contributed by atoms with Crippen molar-refractivity contribution in [1.29, 1.82) is 0 Å². The highest BCUT2D eigenvalue weighted by Crippen LogP contribution is 2.27. The van der Waals surface area contributed by atoms with Gasteiger partial charge in [-0.25, -0.2) is 0 Å². The molecule has 0 bridgehead atoms. The van der Waals surface area contributed by atoms with Crippen molar-refractivity contribution in [2.45, 2.75) is 12.5 Å². The number of thiophene rings is 1. The molecule has 17 heavy (non-hydrogen) atoms. The number of rotatable bonds is 4. The van der Waals surface area contributed by atoms with Crippen molar-refractivity contribution in [2.75, 3.05) is 0 Å².